The Balaban J connectivity index is 2.41. The zero-order valence-corrected chi connectivity index (χ0v) is 8.80. The molecule has 2 aromatic rings. The van der Waals surface area contributed by atoms with Crippen molar-refractivity contribution < 1.29 is 18.4 Å². The van der Waals surface area contributed by atoms with Gasteiger partial charge in [0.2, 0.25) is 0 Å². The smallest absolute Gasteiger partial charge is 0.363 e. The maximum atomic E-state index is 10.7. The molecular weight excluding hydrogens is 216 g/mol. The summed E-state index contributed by atoms with van der Waals surface area (Å²) in [7, 11) is 0. The maximum Gasteiger partial charge on any atom is 0.363 e. The standard InChI is InChI=1S/C10H8O4S/c1-6(11)12-5-7-3-2-4-8-9(7)14-10(15)13-8/h2-4H,5H2,1H3. The van der Waals surface area contributed by atoms with Crippen LogP contribution in [0.25, 0.3) is 11.2 Å². The topological polar surface area (TPSA) is 52.6 Å². The number of para-hydroxylation sites is 1. The van der Waals surface area contributed by atoms with Crippen molar-refractivity contribution in [1.29, 1.82) is 0 Å². The molecule has 0 fully saturated rings. The first-order valence-corrected chi connectivity index (χ1v) is 4.72. The third-order valence-electron chi connectivity index (χ3n) is 1.87. The lowest BCUT2D eigenvalue weighted by Gasteiger charge is -2.00. The molecule has 0 bridgehead atoms. The molecule has 0 atom stereocenters. The summed E-state index contributed by atoms with van der Waals surface area (Å²) in [6.07, 6.45) is 0. The Kier molecular flexibility index (Phi) is 2.55. The molecule has 0 amide bonds. The van der Waals surface area contributed by atoms with Crippen molar-refractivity contribution in [2.45, 2.75) is 13.5 Å². The molecule has 15 heavy (non-hydrogen) atoms. The molecule has 0 saturated carbocycles. The van der Waals surface area contributed by atoms with Gasteiger partial charge in [0.1, 0.15) is 6.61 Å². The van der Waals surface area contributed by atoms with Gasteiger partial charge in [-0.2, -0.15) is 0 Å². The molecule has 0 unspecified atom stereocenters. The zero-order valence-electron chi connectivity index (χ0n) is 7.98. The van der Waals surface area contributed by atoms with E-state index in [1.54, 1.807) is 18.2 Å². The van der Waals surface area contributed by atoms with Crippen LogP contribution in [0.1, 0.15) is 12.5 Å². The molecule has 0 aliphatic heterocycles. The van der Waals surface area contributed by atoms with E-state index in [1.807, 2.05) is 0 Å². The van der Waals surface area contributed by atoms with Gasteiger partial charge < -0.3 is 13.6 Å². The number of fused-ring (bicyclic) bond motifs is 1. The van der Waals surface area contributed by atoms with E-state index in [0.717, 1.165) is 5.56 Å². The van der Waals surface area contributed by atoms with Crippen LogP contribution in [-0.2, 0) is 16.1 Å². The van der Waals surface area contributed by atoms with Crippen molar-refractivity contribution in [3.63, 3.8) is 0 Å². The molecule has 1 aromatic heterocycles. The Morgan fingerprint density at radius 3 is 3.00 bits per heavy atom. The van der Waals surface area contributed by atoms with Crippen LogP contribution in [0.2, 0.25) is 0 Å². The first-order chi connectivity index (χ1) is 7.16. The highest BCUT2D eigenvalue weighted by molar-refractivity contribution is 7.71. The third kappa shape index (κ3) is 2.07. The van der Waals surface area contributed by atoms with Crippen molar-refractivity contribution in [1.82, 2.24) is 0 Å². The van der Waals surface area contributed by atoms with E-state index >= 15 is 0 Å². The molecule has 2 rings (SSSR count). The van der Waals surface area contributed by atoms with Gasteiger partial charge >= 0.3 is 10.9 Å². The minimum absolute atomic E-state index is 0.0697. The molecule has 0 aliphatic rings. The van der Waals surface area contributed by atoms with E-state index in [4.69, 9.17) is 25.8 Å². The molecule has 4 nitrogen and oxygen atoms in total. The fourth-order valence-corrected chi connectivity index (χ4v) is 1.42. The van der Waals surface area contributed by atoms with Crippen molar-refractivity contribution in [2.75, 3.05) is 0 Å². The van der Waals surface area contributed by atoms with Gasteiger partial charge in [0.25, 0.3) is 0 Å². The van der Waals surface area contributed by atoms with E-state index in [9.17, 15) is 4.79 Å². The highest BCUT2D eigenvalue weighted by atomic mass is 32.1. The number of carbonyl (C=O) groups excluding carboxylic acids is 1. The van der Waals surface area contributed by atoms with Gasteiger partial charge in [0, 0.05) is 24.7 Å². The van der Waals surface area contributed by atoms with Gasteiger partial charge in [-0.3, -0.25) is 4.79 Å². The molecule has 0 N–H and O–H groups in total. The molecule has 1 heterocycles. The summed E-state index contributed by atoms with van der Waals surface area (Å²) in [4.78, 5) is 10.7. The Bertz CT molecular complexity index is 552. The average molecular weight is 224 g/mol. The van der Waals surface area contributed by atoms with Crippen LogP contribution in [0.3, 0.4) is 0 Å². The lowest BCUT2D eigenvalue weighted by Crippen LogP contribution is -1.98. The molecule has 0 radical (unpaired) electrons. The molecule has 5 heteroatoms. The molecule has 0 saturated heterocycles. The largest absolute Gasteiger partial charge is 0.461 e. The fourth-order valence-electron chi connectivity index (χ4n) is 1.24. The van der Waals surface area contributed by atoms with Crippen LogP contribution >= 0.6 is 12.2 Å². The van der Waals surface area contributed by atoms with Crippen molar-refractivity contribution in [3.8, 4) is 0 Å². The highest BCUT2D eigenvalue weighted by Crippen LogP contribution is 2.21. The van der Waals surface area contributed by atoms with Gasteiger partial charge in [-0.15, -0.1) is 0 Å². The predicted octanol–water partition coefficient (Wildman–Crippen LogP) is 2.82. The van der Waals surface area contributed by atoms with Crippen LogP contribution < -0.4 is 0 Å². The van der Waals surface area contributed by atoms with Crippen molar-refractivity contribution in [3.05, 3.63) is 28.7 Å². The number of hydrogen-bond donors (Lipinski definition) is 0. The summed E-state index contributed by atoms with van der Waals surface area (Å²) in [6.45, 7) is 1.51. The number of benzene rings is 1. The van der Waals surface area contributed by atoms with E-state index < -0.39 is 0 Å². The third-order valence-corrected chi connectivity index (χ3v) is 2.04. The summed E-state index contributed by atoms with van der Waals surface area (Å²) in [5.74, 6) is -0.339. The number of esters is 1. The summed E-state index contributed by atoms with van der Waals surface area (Å²) in [5.41, 5.74) is 1.83. The SMILES string of the molecule is CC(=O)OCc1cccc2oc(=S)oc12. The van der Waals surface area contributed by atoms with E-state index in [1.165, 1.54) is 6.92 Å². The Labute approximate surface area is 90.4 Å². The second-order valence-corrected chi connectivity index (χ2v) is 3.31. The molecule has 78 valence electrons. The zero-order chi connectivity index (χ0) is 10.8. The monoisotopic (exact) mass is 224 g/mol. The molecule has 0 aliphatic carbocycles. The van der Waals surface area contributed by atoms with Gasteiger partial charge in [0.05, 0.1) is 0 Å². The first-order valence-electron chi connectivity index (χ1n) is 4.32. The normalized spacial score (nSPS) is 10.5. The summed E-state index contributed by atoms with van der Waals surface area (Å²) in [5, 5.41) is 0. The number of ether oxygens (including phenoxy) is 1. The van der Waals surface area contributed by atoms with E-state index in [0.29, 0.717) is 11.2 Å². The quantitative estimate of drug-likeness (QED) is 0.580. The fraction of sp³-hybridized carbons (Fsp3) is 0.200. The number of hydrogen-bond acceptors (Lipinski definition) is 5. The maximum absolute atomic E-state index is 10.7. The first kappa shape index (κ1) is 9.92. The van der Waals surface area contributed by atoms with Gasteiger partial charge in [-0.05, 0) is 6.07 Å². The summed E-state index contributed by atoms with van der Waals surface area (Å²) < 4.78 is 15.2. The lowest BCUT2D eigenvalue weighted by atomic mass is 10.2. The lowest BCUT2D eigenvalue weighted by molar-refractivity contribution is -0.142. The van der Waals surface area contributed by atoms with Crippen LogP contribution in [0.15, 0.2) is 27.0 Å². The number of carbonyl (C=O) groups is 1. The van der Waals surface area contributed by atoms with Gasteiger partial charge in [-0.25, -0.2) is 0 Å². The Hall–Kier alpha value is -1.62. The minimum atomic E-state index is -0.339. The second-order valence-electron chi connectivity index (χ2n) is 2.98. The van der Waals surface area contributed by atoms with Gasteiger partial charge in [-0.1, -0.05) is 12.1 Å². The molecule has 0 spiro atoms. The molecular formula is C10H8O4S. The Morgan fingerprint density at radius 1 is 1.47 bits per heavy atom. The molecule has 1 aromatic carbocycles. The average Bonchev–Trinajstić information content (AvgIpc) is 2.55. The van der Waals surface area contributed by atoms with Crippen LogP contribution in [0.5, 0.6) is 0 Å². The van der Waals surface area contributed by atoms with Crippen molar-refractivity contribution >= 4 is 29.4 Å². The second kappa shape index (κ2) is 3.86. The predicted molar refractivity (Wildman–Crippen MR) is 54.8 cm³/mol. The number of rotatable bonds is 2. The van der Waals surface area contributed by atoms with Crippen LogP contribution in [0, 0.1) is 4.90 Å². The van der Waals surface area contributed by atoms with E-state index in [2.05, 4.69) is 0 Å². The summed E-state index contributed by atoms with van der Waals surface area (Å²) >= 11 is 4.77. The van der Waals surface area contributed by atoms with Crippen molar-refractivity contribution in [2.24, 2.45) is 0 Å². The highest BCUT2D eigenvalue weighted by Gasteiger charge is 2.08. The van der Waals surface area contributed by atoms with E-state index in [-0.39, 0.29) is 17.5 Å². The van der Waals surface area contributed by atoms with Gasteiger partial charge in [0.15, 0.2) is 11.2 Å². The van der Waals surface area contributed by atoms with Crippen LogP contribution in [-0.4, -0.2) is 5.97 Å². The Morgan fingerprint density at radius 2 is 2.27 bits per heavy atom. The minimum Gasteiger partial charge on any atom is -0.461 e. The van der Waals surface area contributed by atoms with Crippen LogP contribution in [0.4, 0.5) is 0 Å². The summed E-state index contributed by atoms with van der Waals surface area (Å²) in [6, 6.07) is 5.32.